The molecule has 5 N–H and O–H groups in total. The number of nitrogens with one attached hydrogen (secondary N) is 1. The Morgan fingerprint density at radius 3 is 2.65 bits per heavy atom. The van der Waals surface area contributed by atoms with Gasteiger partial charge in [-0.05, 0) is 56.5 Å². The van der Waals surface area contributed by atoms with E-state index in [1.807, 2.05) is 26.0 Å². The lowest BCUT2D eigenvalue weighted by atomic mass is 9.95. The third-order valence-corrected chi connectivity index (χ3v) is 5.75. The average Bonchev–Trinajstić information content (AvgIpc) is 2.73. The van der Waals surface area contributed by atoms with Crippen molar-refractivity contribution in [3.8, 4) is 11.3 Å². The number of methoxy groups -OCH3 is 1. The summed E-state index contributed by atoms with van der Waals surface area (Å²) in [5.41, 5.74) is 15.1. The van der Waals surface area contributed by atoms with Crippen LogP contribution in [0, 0.1) is 13.8 Å². The van der Waals surface area contributed by atoms with Crippen LogP contribution in [0.5, 0.6) is 0 Å². The van der Waals surface area contributed by atoms with Gasteiger partial charge < -0.3 is 21.5 Å². The Labute approximate surface area is 187 Å². The van der Waals surface area contributed by atoms with Crippen LogP contribution in [0.3, 0.4) is 0 Å². The molecule has 168 valence electrons. The monoisotopic (exact) mass is 445 g/mol. The number of amides is 1. The van der Waals surface area contributed by atoms with Gasteiger partial charge in [0.25, 0.3) is 0 Å². The van der Waals surface area contributed by atoms with Crippen molar-refractivity contribution in [2.75, 3.05) is 31.7 Å². The molecule has 1 heterocycles. The highest BCUT2D eigenvalue weighted by Crippen LogP contribution is 2.31. The summed E-state index contributed by atoms with van der Waals surface area (Å²) in [6.07, 6.45) is 3.29. The molecule has 2 rings (SSSR count). The minimum absolute atomic E-state index is 0.0476. The maximum atomic E-state index is 12.1. The summed E-state index contributed by atoms with van der Waals surface area (Å²) in [6, 6.07) is 5.47. The topological polar surface area (TPSA) is 133 Å². The quantitative estimate of drug-likeness (QED) is 0.208. The van der Waals surface area contributed by atoms with Gasteiger partial charge in [0.1, 0.15) is 5.03 Å². The molecule has 0 atom stereocenters. The fraction of sp³-hybridized carbons (Fsp3) is 0.455. The van der Waals surface area contributed by atoms with Crippen LogP contribution in [0.4, 0.5) is 5.95 Å². The van der Waals surface area contributed by atoms with Crippen LogP contribution >= 0.6 is 11.8 Å². The Morgan fingerprint density at radius 2 is 1.94 bits per heavy atom. The number of unbranched alkanes of at least 4 members (excludes halogenated alkanes) is 2. The van der Waals surface area contributed by atoms with Gasteiger partial charge in [0, 0.05) is 24.3 Å². The van der Waals surface area contributed by atoms with Crippen molar-refractivity contribution in [1.29, 1.82) is 0 Å². The smallest absolute Gasteiger partial charge is 0.338 e. The zero-order valence-electron chi connectivity index (χ0n) is 18.4. The zero-order valence-corrected chi connectivity index (χ0v) is 19.2. The summed E-state index contributed by atoms with van der Waals surface area (Å²) < 4.78 is 4.88. The summed E-state index contributed by atoms with van der Waals surface area (Å²) >= 11 is 1.49. The maximum absolute atomic E-state index is 12.1. The molecule has 2 aromatic rings. The standard InChI is InChI=1S/C22H31N5O3S/c1-14-8-9-16(21(29)30-3)15(2)20(14)17-13-19(27-22(24)26-17)31-12-11-25-18(28)7-5-4-6-10-23/h8-9,13H,4-7,10-12,23H2,1-3H3,(H,25,28)(H2,24,26,27). The highest BCUT2D eigenvalue weighted by Gasteiger charge is 2.17. The molecule has 9 heteroatoms. The Morgan fingerprint density at radius 1 is 1.16 bits per heavy atom. The molecule has 0 saturated carbocycles. The largest absolute Gasteiger partial charge is 0.465 e. The molecule has 0 bridgehead atoms. The molecule has 1 aromatic heterocycles. The van der Waals surface area contributed by atoms with Gasteiger partial charge in [-0.15, -0.1) is 11.8 Å². The van der Waals surface area contributed by atoms with E-state index in [1.165, 1.54) is 18.9 Å². The summed E-state index contributed by atoms with van der Waals surface area (Å²) in [5.74, 6) is 0.469. The number of nitrogens with zero attached hydrogens (tertiary/aromatic N) is 2. The number of aromatic nitrogens is 2. The van der Waals surface area contributed by atoms with E-state index in [-0.39, 0.29) is 11.9 Å². The number of ether oxygens (including phenoxy) is 1. The van der Waals surface area contributed by atoms with E-state index in [1.54, 1.807) is 6.07 Å². The molecule has 1 aromatic carbocycles. The number of hydrogen-bond acceptors (Lipinski definition) is 8. The van der Waals surface area contributed by atoms with E-state index in [4.69, 9.17) is 16.2 Å². The number of esters is 1. The maximum Gasteiger partial charge on any atom is 0.338 e. The molecule has 0 unspecified atom stereocenters. The molecule has 0 saturated heterocycles. The molecule has 8 nitrogen and oxygen atoms in total. The number of aryl methyl sites for hydroxylation is 1. The molecule has 0 spiro atoms. The van der Waals surface area contributed by atoms with Crippen LogP contribution < -0.4 is 16.8 Å². The first-order valence-corrected chi connectivity index (χ1v) is 11.3. The molecule has 0 aliphatic carbocycles. The Balaban J connectivity index is 2.05. The van der Waals surface area contributed by atoms with Crippen LogP contribution in [-0.2, 0) is 9.53 Å². The van der Waals surface area contributed by atoms with Crippen molar-refractivity contribution in [3.63, 3.8) is 0 Å². The fourth-order valence-corrected chi connectivity index (χ4v) is 4.02. The number of rotatable bonds is 11. The number of benzene rings is 1. The van der Waals surface area contributed by atoms with E-state index in [9.17, 15) is 9.59 Å². The molecular weight excluding hydrogens is 414 g/mol. The highest BCUT2D eigenvalue weighted by molar-refractivity contribution is 7.99. The van der Waals surface area contributed by atoms with Crippen molar-refractivity contribution in [2.24, 2.45) is 5.73 Å². The van der Waals surface area contributed by atoms with Crippen LogP contribution in [0.25, 0.3) is 11.3 Å². The van der Waals surface area contributed by atoms with Crippen LogP contribution in [0.15, 0.2) is 23.2 Å². The van der Waals surface area contributed by atoms with Gasteiger partial charge in [-0.25, -0.2) is 14.8 Å². The van der Waals surface area contributed by atoms with Crippen molar-refractivity contribution >= 4 is 29.6 Å². The van der Waals surface area contributed by atoms with Crippen molar-refractivity contribution < 1.29 is 14.3 Å². The normalized spacial score (nSPS) is 10.7. The molecule has 31 heavy (non-hydrogen) atoms. The Hall–Kier alpha value is -2.65. The molecule has 1 amide bonds. The Kier molecular flexibility index (Phi) is 9.74. The van der Waals surface area contributed by atoms with Gasteiger partial charge in [-0.3, -0.25) is 4.79 Å². The van der Waals surface area contributed by atoms with Gasteiger partial charge in [0.05, 0.1) is 18.4 Å². The second kappa shape index (κ2) is 12.3. The number of anilines is 1. The third kappa shape index (κ3) is 7.22. The average molecular weight is 446 g/mol. The van der Waals surface area contributed by atoms with Crippen LogP contribution in [0.1, 0.15) is 47.2 Å². The summed E-state index contributed by atoms with van der Waals surface area (Å²) in [5, 5.41) is 3.63. The van der Waals surface area contributed by atoms with E-state index < -0.39 is 5.97 Å². The van der Waals surface area contributed by atoms with Gasteiger partial charge in [-0.1, -0.05) is 12.5 Å². The van der Waals surface area contributed by atoms with E-state index >= 15 is 0 Å². The molecule has 0 aliphatic rings. The van der Waals surface area contributed by atoms with Crippen LogP contribution in [0.2, 0.25) is 0 Å². The van der Waals surface area contributed by atoms with Crippen LogP contribution in [-0.4, -0.2) is 47.8 Å². The molecule has 0 radical (unpaired) electrons. The second-order valence-corrected chi connectivity index (χ2v) is 8.28. The lowest BCUT2D eigenvalue weighted by Crippen LogP contribution is -2.25. The lowest BCUT2D eigenvalue weighted by molar-refractivity contribution is -0.121. The van der Waals surface area contributed by atoms with Gasteiger partial charge in [0.2, 0.25) is 11.9 Å². The number of thioether (sulfide) groups is 1. The second-order valence-electron chi connectivity index (χ2n) is 7.17. The minimum Gasteiger partial charge on any atom is -0.465 e. The predicted octanol–water partition coefficient (Wildman–Crippen LogP) is 2.86. The summed E-state index contributed by atoms with van der Waals surface area (Å²) in [4.78, 5) is 32.6. The number of carbonyl (C=O) groups is 2. The van der Waals surface area contributed by atoms with Crippen molar-refractivity contribution in [3.05, 3.63) is 34.9 Å². The van der Waals surface area contributed by atoms with E-state index in [2.05, 4.69) is 15.3 Å². The van der Waals surface area contributed by atoms with Gasteiger partial charge in [-0.2, -0.15) is 0 Å². The fourth-order valence-electron chi connectivity index (χ4n) is 3.26. The first-order chi connectivity index (χ1) is 14.9. The molecule has 0 aliphatic heterocycles. The SMILES string of the molecule is COC(=O)c1ccc(C)c(-c2cc(SCCNC(=O)CCCCCN)nc(N)n2)c1C. The summed E-state index contributed by atoms with van der Waals surface area (Å²) in [6.45, 7) is 5.02. The van der Waals surface area contributed by atoms with Gasteiger partial charge >= 0.3 is 5.97 Å². The summed E-state index contributed by atoms with van der Waals surface area (Å²) in [7, 11) is 1.36. The molecule has 0 fully saturated rings. The van der Waals surface area contributed by atoms with E-state index in [0.717, 1.165) is 36.0 Å². The van der Waals surface area contributed by atoms with Crippen molar-refractivity contribution in [1.82, 2.24) is 15.3 Å². The van der Waals surface area contributed by atoms with E-state index in [0.29, 0.717) is 41.5 Å². The lowest BCUT2D eigenvalue weighted by Gasteiger charge is -2.14. The zero-order chi connectivity index (χ0) is 22.8. The first-order valence-electron chi connectivity index (χ1n) is 10.3. The predicted molar refractivity (Wildman–Crippen MR) is 124 cm³/mol. The van der Waals surface area contributed by atoms with Crippen molar-refractivity contribution in [2.45, 2.75) is 44.6 Å². The third-order valence-electron chi connectivity index (χ3n) is 4.84. The minimum atomic E-state index is -0.394. The number of nitrogen functional groups attached to an aromatic ring is 1. The number of carbonyl (C=O) groups excluding carboxylic acids is 2. The highest BCUT2D eigenvalue weighted by atomic mass is 32.2. The first kappa shape index (κ1) is 24.6. The number of hydrogen-bond donors (Lipinski definition) is 3. The Bertz CT molecular complexity index is 920. The number of nitrogens with two attached hydrogens (primary N) is 2. The van der Waals surface area contributed by atoms with Gasteiger partial charge in [0.15, 0.2) is 0 Å². The molecular formula is C22H31N5O3S.